The predicted octanol–water partition coefficient (Wildman–Crippen LogP) is 11.4. The number of carboxylic acid groups (broad SMARTS) is 1. The van der Waals surface area contributed by atoms with Crippen LogP contribution >= 0.6 is 7.82 Å². The largest absolute Gasteiger partial charge is 0.480 e. The van der Waals surface area contributed by atoms with Gasteiger partial charge in [0.25, 0.3) is 0 Å². The number of hydrogen-bond donors (Lipinski definition) is 3. The maximum absolute atomic E-state index is 12.5. The molecule has 0 saturated heterocycles. The fourth-order valence-electron chi connectivity index (χ4n) is 5.95. The number of allylic oxidation sites excluding steroid dienone is 2. The predicted molar refractivity (Wildman–Crippen MR) is 212 cm³/mol. The van der Waals surface area contributed by atoms with Gasteiger partial charge in [-0.15, -0.1) is 0 Å². The number of ether oxygens (including phenoxy) is 2. The number of nitrogens with two attached hydrogens (primary N) is 1. The molecule has 0 aliphatic heterocycles. The van der Waals surface area contributed by atoms with Gasteiger partial charge in [-0.1, -0.05) is 167 Å². The summed E-state index contributed by atoms with van der Waals surface area (Å²) in [6.07, 6.45) is 38.6. The van der Waals surface area contributed by atoms with Crippen LogP contribution in [-0.2, 0) is 32.7 Å². The number of hydrogen-bond acceptors (Lipinski definition) is 8. The number of rotatable bonds is 41. The van der Waals surface area contributed by atoms with E-state index in [9.17, 15) is 19.0 Å². The normalized spacial score (nSPS) is 14.1. The minimum Gasteiger partial charge on any atom is -0.480 e. The van der Waals surface area contributed by atoms with Gasteiger partial charge in [0.1, 0.15) is 12.1 Å². The molecule has 0 aromatic carbocycles. The molecule has 0 saturated carbocycles. The minimum atomic E-state index is -4.60. The number of aliphatic carboxylic acids is 1. The summed E-state index contributed by atoms with van der Waals surface area (Å²) in [5.74, 6) is -1.78. The number of phosphoric acid groups is 1. The molecule has 0 heterocycles. The Labute approximate surface area is 318 Å². The van der Waals surface area contributed by atoms with Gasteiger partial charge >= 0.3 is 19.8 Å². The Morgan fingerprint density at radius 1 is 0.596 bits per heavy atom. The van der Waals surface area contributed by atoms with E-state index in [1.165, 1.54) is 135 Å². The number of unbranched alkanes of at least 4 members (excludes halogenated alkanes) is 25. The topological polar surface area (TPSA) is 155 Å². The summed E-state index contributed by atoms with van der Waals surface area (Å²) < 4.78 is 33.2. The van der Waals surface area contributed by atoms with E-state index in [0.29, 0.717) is 13.0 Å². The molecule has 10 nitrogen and oxygen atoms in total. The van der Waals surface area contributed by atoms with Crippen molar-refractivity contribution in [2.24, 2.45) is 5.73 Å². The number of esters is 1. The molecule has 308 valence electrons. The third kappa shape index (κ3) is 37.0. The zero-order chi connectivity index (χ0) is 38.4. The fraction of sp³-hybridized carbons (Fsp3) is 0.902. The maximum atomic E-state index is 12.5. The van der Waals surface area contributed by atoms with Gasteiger partial charge < -0.3 is 25.2 Å². The molecule has 3 unspecified atom stereocenters. The zero-order valence-electron chi connectivity index (χ0n) is 33.4. The second-order valence-electron chi connectivity index (χ2n) is 14.5. The molecule has 0 spiro atoms. The van der Waals surface area contributed by atoms with Crippen LogP contribution in [0.25, 0.3) is 0 Å². The second-order valence-corrected chi connectivity index (χ2v) is 15.9. The van der Waals surface area contributed by atoms with Crippen LogP contribution in [0.5, 0.6) is 0 Å². The molecule has 0 aliphatic rings. The van der Waals surface area contributed by atoms with Crippen molar-refractivity contribution in [3.8, 4) is 0 Å². The van der Waals surface area contributed by atoms with Crippen molar-refractivity contribution < 1.29 is 42.7 Å². The maximum Gasteiger partial charge on any atom is 0.472 e. The monoisotopic (exact) mass is 762 g/mol. The Kier molecular flexibility index (Phi) is 37.1. The summed E-state index contributed by atoms with van der Waals surface area (Å²) in [6.45, 7) is 3.86. The standard InChI is InChI=1S/C41H80NO9P/c1-3-5-7-9-11-13-14-15-16-17-18-19-20-21-22-23-24-25-26-28-30-32-34-48-35-38(36-49-52(46,47)50-37-39(42)41(44)45)51-40(43)33-31-29-27-12-10-8-6-4-2/h17-18,38-39H,3-16,19-37,42H2,1-2H3,(H,44,45)(H,46,47)/b18-17-. The van der Waals surface area contributed by atoms with E-state index in [0.717, 1.165) is 38.5 Å². The molecule has 0 bridgehead atoms. The average Bonchev–Trinajstić information content (AvgIpc) is 3.12. The highest BCUT2D eigenvalue weighted by Gasteiger charge is 2.27. The van der Waals surface area contributed by atoms with Crippen LogP contribution in [0.4, 0.5) is 0 Å². The van der Waals surface area contributed by atoms with E-state index in [2.05, 4.69) is 26.0 Å². The van der Waals surface area contributed by atoms with Gasteiger partial charge in [-0.3, -0.25) is 18.6 Å². The Morgan fingerprint density at radius 2 is 1.00 bits per heavy atom. The van der Waals surface area contributed by atoms with E-state index in [1.807, 2.05) is 0 Å². The molecule has 0 radical (unpaired) electrons. The number of carboxylic acids is 1. The molecule has 0 amide bonds. The Morgan fingerprint density at radius 3 is 1.46 bits per heavy atom. The van der Waals surface area contributed by atoms with Crippen molar-refractivity contribution in [3.63, 3.8) is 0 Å². The lowest BCUT2D eigenvalue weighted by molar-refractivity contribution is -0.154. The van der Waals surface area contributed by atoms with Crippen molar-refractivity contribution in [2.45, 2.75) is 212 Å². The molecule has 0 rings (SSSR count). The summed E-state index contributed by atoms with van der Waals surface area (Å²) in [4.78, 5) is 33.3. The van der Waals surface area contributed by atoms with Gasteiger partial charge in [0.2, 0.25) is 0 Å². The van der Waals surface area contributed by atoms with Crippen LogP contribution in [0.1, 0.15) is 200 Å². The summed E-state index contributed by atoms with van der Waals surface area (Å²) in [6, 6.07) is -1.47. The molecule has 11 heteroatoms. The van der Waals surface area contributed by atoms with E-state index in [4.69, 9.17) is 29.4 Å². The Bertz CT molecular complexity index is 888. The minimum absolute atomic E-state index is 0.0207. The van der Waals surface area contributed by atoms with Crippen molar-refractivity contribution >= 4 is 19.8 Å². The number of phosphoric ester groups is 1. The molecule has 4 N–H and O–H groups in total. The van der Waals surface area contributed by atoms with Gasteiger partial charge in [-0.25, -0.2) is 4.57 Å². The molecular formula is C41H80NO9P. The summed E-state index contributed by atoms with van der Waals surface area (Å²) >= 11 is 0. The van der Waals surface area contributed by atoms with Crippen molar-refractivity contribution in [1.29, 1.82) is 0 Å². The highest BCUT2D eigenvalue weighted by atomic mass is 31.2. The molecule has 3 atom stereocenters. The molecule has 0 aromatic rings. The first-order valence-corrected chi connectivity index (χ1v) is 22.7. The molecule has 0 aromatic heterocycles. The van der Waals surface area contributed by atoms with Crippen LogP contribution in [0.3, 0.4) is 0 Å². The molecule has 0 aliphatic carbocycles. The van der Waals surface area contributed by atoms with E-state index < -0.39 is 45.1 Å². The lowest BCUT2D eigenvalue weighted by atomic mass is 10.1. The summed E-state index contributed by atoms with van der Waals surface area (Å²) in [5, 5.41) is 8.86. The van der Waals surface area contributed by atoms with Crippen molar-refractivity contribution in [2.75, 3.05) is 26.4 Å². The second kappa shape index (κ2) is 38.0. The Balaban J connectivity index is 4.05. The molecule has 52 heavy (non-hydrogen) atoms. The average molecular weight is 762 g/mol. The highest BCUT2D eigenvalue weighted by molar-refractivity contribution is 7.47. The summed E-state index contributed by atoms with van der Waals surface area (Å²) in [7, 11) is -4.60. The van der Waals surface area contributed by atoms with E-state index in [-0.39, 0.29) is 13.0 Å². The third-order valence-electron chi connectivity index (χ3n) is 9.29. The van der Waals surface area contributed by atoms with Crippen molar-refractivity contribution in [3.05, 3.63) is 12.2 Å². The first-order valence-electron chi connectivity index (χ1n) is 21.2. The zero-order valence-corrected chi connectivity index (χ0v) is 34.3. The van der Waals surface area contributed by atoms with Crippen LogP contribution in [-0.4, -0.2) is 60.5 Å². The SMILES string of the molecule is CCCCCCCCCC/C=C\CCCCCCCCCCCCOCC(COP(=O)(O)OCC(N)C(=O)O)OC(=O)CCCCCCCCCC. The lowest BCUT2D eigenvalue weighted by Crippen LogP contribution is -2.34. The van der Waals surface area contributed by atoms with Crippen molar-refractivity contribution in [1.82, 2.24) is 0 Å². The number of carbonyl (C=O) groups excluding carboxylic acids is 1. The fourth-order valence-corrected chi connectivity index (χ4v) is 6.73. The smallest absolute Gasteiger partial charge is 0.472 e. The summed E-state index contributed by atoms with van der Waals surface area (Å²) in [5.41, 5.74) is 5.34. The molecule has 0 fully saturated rings. The number of carbonyl (C=O) groups is 2. The van der Waals surface area contributed by atoms with Crippen LogP contribution in [0, 0.1) is 0 Å². The molecular weight excluding hydrogens is 681 g/mol. The van der Waals surface area contributed by atoms with Gasteiger partial charge in [-0.05, 0) is 38.5 Å². The highest BCUT2D eigenvalue weighted by Crippen LogP contribution is 2.43. The van der Waals surface area contributed by atoms with E-state index in [1.54, 1.807) is 0 Å². The quantitative estimate of drug-likeness (QED) is 0.0237. The third-order valence-corrected chi connectivity index (χ3v) is 10.2. The lowest BCUT2D eigenvalue weighted by Gasteiger charge is -2.20. The Hall–Kier alpha value is -1.29. The van der Waals surface area contributed by atoms with Crippen LogP contribution in [0.15, 0.2) is 12.2 Å². The van der Waals surface area contributed by atoms with Crippen LogP contribution in [0.2, 0.25) is 0 Å². The van der Waals surface area contributed by atoms with Gasteiger partial charge in [-0.2, -0.15) is 0 Å². The first kappa shape index (κ1) is 50.7. The first-order chi connectivity index (χ1) is 25.2. The van der Waals surface area contributed by atoms with Gasteiger partial charge in [0, 0.05) is 13.0 Å². The van der Waals surface area contributed by atoms with Gasteiger partial charge in [0.05, 0.1) is 19.8 Å². The van der Waals surface area contributed by atoms with Gasteiger partial charge in [0.15, 0.2) is 0 Å². The van der Waals surface area contributed by atoms with E-state index >= 15 is 0 Å². The van der Waals surface area contributed by atoms with Crippen LogP contribution < -0.4 is 5.73 Å².